The topological polar surface area (TPSA) is 42.7 Å². The van der Waals surface area contributed by atoms with Gasteiger partial charge in [-0.3, -0.25) is 4.98 Å². The van der Waals surface area contributed by atoms with Crippen LogP contribution < -0.4 is 5.32 Å². The molecule has 1 N–H and O–H groups in total. The van der Waals surface area contributed by atoms with Gasteiger partial charge in [0.2, 0.25) is 0 Å². The van der Waals surface area contributed by atoms with Crippen LogP contribution in [0.5, 0.6) is 0 Å². The van der Waals surface area contributed by atoms with Crippen molar-refractivity contribution in [1.82, 2.24) is 20.1 Å². The number of nitrogens with one attached hydrogen (secondary N) is 1. The number of rotatable bonds is 3. The molecule has 0 radical (unpaired) electrons. The monoisotopic (exact) mass is 238 g/mol. The van der Waals surface area contributed by atoms with Crippen LogP contribution in [0.3, 0.4) is 0 Å². The van der Waals surface area contributed by atoms with E-state index in [1.54, 1.807) is 6.20 Å². The molecule has 0 aliphatic heterocycles. The van der Waals surface area contributed by atoms with E-state index in [2.05, 4.69) is 27.5 Å². The predicted octanol–water partition coefficient (Wildman–Crippen LogP) is 2.14. The van der Waals surface area contributed by atoms with E-state index in [1.807, 2.05) is 42.2 Å². The van der Waals surface area contributed by atoms with Crippen LogP contribution in [-0.4, -0.2) is 21.8 Å². The van der Waals surface area contributed by atoms with Crippen molar-refractivity contribution in [3.05, 3.63) is 54.5 Å². The third kappa shape index (κ3) is 1.87. The summed E-state index contributed by atoms with van der Waals surface area (Å²) in [6.45, 7) is 0.749. The van der Waals surface area contributed by atoms with E-state index < -0.39 is 0 Å². The summed E-state index contributed by atoms with van der Waals surface area (Å²) in [7, 11) is 1.92. The Hall–Kier alpha value is -2.20. The number of para-hydroxylation sites is 1. The molecule has 0 saturated heterocycles. The van der Waals surface area contributed by atoms with Crippen molar-refractivity contribution in [3.63, 3.8) is 0 Å². The van der Waals surface area contributed by atoms with Gasteiger partial charge in [0.25, 0.3) is 0 Å². The second-order valence-electron chi connectivity index (χ2n) is 4.13. The van der Waals surface area contributed by atoms with Gasteiger partial charge in [-0.1, -0.05) is 18.2 Å². The minimum atomic E-state index is 0.749. The first kappa shape index (κ1) is 10.9. The van der Waals surface area contributed by atoms with Gasteiger partial charge in [0, 0.05) is 24.3 Å². The van der Waals surface area contributed by atoms with Gasteiger partial charge in [0.1, 0.15) is 0 Å². The first-order valence-electron chi connectivity index (χ1n) is 5.92. The lowest BCUT2D eigenvalue weighted by Gasteiger charge is -2.09. The summed E-state index contributed by atoms with van der Waals surface area (Å²) in [6.07, 6.45) is 3.73. The molecule has 0 fully saturated rings. The lowest BCUT2D eigenvalue weighted by atomic mass is 10.1. The second-order valence-corrected chi connectivity index (χ2v) is 4.13. The zero-order valence-electron chi connectivity index (χ0n) is 10.2. The summed E-state index contributed by atoms with van der Waals surface area (Å²) in [5.74, 6) is 0. The van der Waals surface area contributed by atoms with Crippen molar-refractivity contribution in [1.29, 1.82) is 0 Å². The van der Waals surface area contributed by atoms with Crippen LogP contribution in [0.1, 0.15) is 5.69 Å². The van der Waals surface area contributed by atoms with Crippen LogP contribution in [0, 0.1) is 0 Å². The van der Waals surface area contributed by atoms with Gasteiger partial charge >= 0.3 is 0 Å². The maximum Gasteiger partial charge on any atom is 0.0758 e. The van der Waals surface area contributed by atoms with Gasteiger partial charge in [-0.2, -0.15) is 5.10 Å². The van der Waals surface area contributed by atoms with Crippen molar-refractivity contribution in [2.45, 2.75) is 6.54 Å². The number of nitrogens with zero attached hydrogens (tertiary/aromatic N) is 3. The highest BCUT2D eigenvalue weighted by Crippen LogP contribution is 2.21. The molecule has 90 valence electrons. The van der Waals surface area contributed by atoms with Crippen LogP contribution in [0.15, 0.2) is 48.8 Å². The molecule has 2 heterocycles. The molecule has 3 rings (SSSR count). The summed E-state index contributed by atoms with van der Waals surface area (Å²) < 4.78 is 1.88. The lowest BCUT2D eigenvalue weighted by molar-refractivity contribution is 0.790. The molecule has 1 aromatic carbocycles. The van der Waals surface area contributed by atoms with Crippen molar-refractivity contribution < 1.29 is 0 Å². The normalized spacial score (nSPS) is 10.9. The van der Waals surface area contributed by atoms with Crippen molar-refractivity contribution in [2.75, 3.05) is 7.05 Å². The van der Waals surface area contributed by atoms with Gasteiger partial charge in [0.05, 0.1) is 16.9 Å². The van der Waals surface area contributed by atoms with Gasteiger partial charge in [0.15, 0.2) is 0 Å². The molecular formula is C14H14N4. The third-order valence-electron chi connectivity index (χ3n) is 2.86. The first-order valence-corrected chi connectivity index (χ1v) is 5.92. The Kier molecular flexibility index (Phi) is 2.78. The Morgan fingerprint density at radius 1 is 1.22 bits per heavy atom. The molecule has 0 saturated carbocycles. The molecule has 4 nitrogen and oxygen atoms in total. The molecule has 0 bridgehead atoms. The second kappa shape index (κ2) is 4.58. The Morgan fingerprint density at radius 3 is 2.89 bits per heavy atom. The van der Waals surface area contributed by atoms with E-state index in [1.165, 1.54) is 0 Å². The number of hydrogen-bond acceptors (Lipinski definition) is 3. The molecule has 4 heteroatoms. The smallest absolute Gasteiger partial charge is 0.0758 e. The third-order valence-corrected chi connectivity index (χ3v) is 2.86. The average Bonchev–Trinajstić information content (AvgIpc) is 2.92. The van der Waals surface area contributed by atoms with Crippen LogP contribution >= 0.6 is 0 Å². The average molecular weight is 238 g/mol. The maximum absolute atomic E-state index is 4.63. The van der Waals surface area contributed by atoms with Gasteiger partial charge in [-0.05, 0) is 25.2 Å². The molecule has 2 aromatic heterocycles. The van der Waals surface area contributed by atoms with Gasteiger partial charge < -0.3 is 5.32 Å². The Bertz CT molecular complexity index is 659. The fraction of sp³-hybridized carbons (Fsp3) is 0.143. The number of aromatic nitrogens is 3. The molecular weight excluding hydrogens is 224 g/mol. The Morgan fingerprint density at radius 2 is 2.11 bits per heavy atom. The summed E-state index contributed by atoms with van der Waals surface area (Å²) in [5.41, 5.74) is 3.08. The summed E-state index contributed by atoms with van der Waals surface area (Å²) in [4.78, 5) is 4.63. The minimum Gasteiger partial charge on any atom is -0.314 e. The fourth-order valence-electron chi connectivity index (χ4n) is 2.08. The van der Waals surface area contributed by atoms with Crippen LogP contribution in [0.4, 0.5) is 0 Å². The fourth-order valence-corrected chi connectivity index (χ4v) is 2.08. The highest BCUT2D eigenvalue weighted by atomic mass is 15.3. The molecule has 0 spiro atoms. The standard InChI is InChI=1S/C14H14N4/c1-15-10-11-9-14(18-8-4-7-16-18)12-5-2-3-6-13(12)17-11/h2-9,15H,10H2,1H3. The molecule has 0 aliphatic carbocycles. The number of benzene rings is 1. The zero-order chi connectivity index (χ0) is 12.4. The van der Waals surface area contributed by atoms with E-state index in [0.717, 1.165) is 28.8 Å². The highest BCUT2D eigenvalue weighted by molar-refractivity contribution is 5.87. The minimum absolute atomic E-state index is 0.749. The number of fused-ring (bicyclic) bond motifs is 1. The van der Waals surface area contributed by atoms with Crippen molar-refractivity contribution in [3.8, 4) is 5.69 Å². The van der Waals surface area contributed by atoms with Crippen LogP contribution in [0.25, 0.3) is 16.6 Å². The van der Waals surface area contributed by atoms with Gasteiger partial charge in [-0.15, -0.1) is 0 Å². The Labute approximate surface area is 105 Å². The summed E-state index contributed by atoms with van der Waals surface area (Å²) in [6, 6.07) is 12.1. The molecule has 0 atom stereocenters. The van der Waals surface area contributed by atoms with E-state index in [0.29, 0.717) is 0 Å². The maximum atomic E-state index is 4.63. The summed E-state index contributed by atoms with van der Waals surface area (Å²) in [5, 5.41) is 8.55. The van der Waals surface area contributed by atoms with Gasteiger partial charge in [-0.25, -0.2) is 4.68 Å². The summed E-state index contributed by atoms with van der Waals surface area (Å²) >= 11 is 0. The quantitative estimate of drug-likeness (QED) is 0.760. The van der Waals surface area contributed by atoms with Crippen molar-refractivity contribution >= 4 is 10.9 Å². The lowest BCUT2D eigenvalue weighted by Crippen LogP contribution is -2.08. The molecule has 0 unspecified atom stereocenters. The molecule has 18 heavy (non-hydrogen) atoms. The first-order chi connectivity index (χ1) is 8.88. The highest BCUT2D eigenvalue weighted by Gasteiger charge is 2.06. The van der Waals surface area contributed by atoms with Crippen molar-refractivity contribution in [2.24, 2.45) is 0 Å². The van der Waals surface area contributed by atoms with E-state index in [-0.39, 0.29) is 0 Å². The van der Waals surface area contributed by atoms with E-state index >= 15 is 0 Å². The number of hydrogen-bond donors (Lipinski definition) is 1. The molecule has 0 amide bonds. The largest absolute Gasteiger partial charge is 0.314 e. The molecule has 0 aliphatic rings. The number of pyridine rings is 1. The predicted molar refractivity (Wildman–Crippen MR) is 71.6 cm³/mol. The zero-order valence-corrected chi connectivity index (χ0v) is 10.2. The van der Waals surface area contributed by atoms with Crippen LogP contribution in [0.2, 0.25) is 0 Å². The SMILES string of the molecule is CNCc1cc(-n2cccn2)c2ccccc2n1. The molecule has 3 aromatic rings. The van der Waals surface area contributed by atoms with Crippen LogP contribution in [-0.2, 0) is 6.54 Å². The van der Waals surface area contributed by atoms with E-state index in [4.69, 9.17) is 0 Å². The van der Waals surface area contributed by atoms with E-state index in [9.17, 15) is 0 Å². The Balaban J connectivity index is 2.27.